The first-order chi connectivity index (χ1) is 5.29. The molecule has 1 aliphatic rings. The van der Waals surface area contributed by atoms with Gasteiger partial charge < -0.3 is 9.91 Å². The number of nitrogens with one attached hydrogen (secondary N) is 1. The third-order valence-electron chi connectivity index (χ3n) is 1.91. The molecular formula is C6H7BBrN3. The summed E-state index contributed by atoms with van der Waals surface area (Å²) in [4.78, 5) is 0. The van der Waals surface area contributed by atoms with Crippen LogP contribution in [0.25, 0.3) is 0 Å². The average molecular weight is 212 g/mol. The van der Waals surface area contributed by atoms with E-state index in [4.69, 9.17) is 7.98 Å². The van der Waals surface area contributed by atoms with Crippen LogP contribution in [0.1, 0.15) is 11.3 Å². The van der Waals surface area contributed by atoms with E-state index >= 15 is 0 Å². The number of hydrogen-bond donors (Lipinski definition) is 1. The smallest absolute Gasteiger partial charge is 0.264 e. The van der Waals surface area contributed by atoms with Crippen molar-refractivity contribution in [3.63, 3.8) is 0 Å². The lowest BCUT2D eigenvalue weighted by Crippen LogP contribution is -2.24. The average Bonchev–Trinajstić information content (AvgIpc) is 2.30. The Hall–Kier alpha value is -0.285. The van der Waals surface area contributed by atoms with Gasteiger partial charge in [0, 0.05) is 30.8 Å². The van der Waals surface area contributed by atoms with Crippen molar-refractivity contribution in [2.45, 2.75) is 13.0 Å². The van der Waals surface area contributed by atoms with Gasteiger partial charge >= 0.3 is 0 Å². The molecule has 5 heteroatoms. The Morgan fingerprint density at radius 2 is 2.45 bits per heavy atom. The van der Waals surface area contributed by atoms with E-state index in [-0.39, 0.29) is 0 Å². The Kier molecular flexibility index (Phi) is 1.77. The number of rotatable bonds is 0. The molecule has 0 fully saturated rings. The summed E-state index contributed by atoms with van der Waals surface area (Å²) in [6.07, 6.45) is 0.963. The van der Waals surface area contributed by atoms with E-state index in [0.29, 0.717) is 0 Å². The third kappa shape index (κ3) is 1.12. The van der Waals surface area contributed by atoms with E-state index in [1.165, 1.54) is 10.2 Å². The van der Waals surface area contributed by atoms with Gasteiger partial charge in [0.05, 0.1) is 0 Å². The van der Waals surface area contributed by atoms with Gasteiger partial charge in [0.1, 0.15) is 4.60 Å². The van der Waals surface area contributed by atoms with Crippen molar-refractivity contribution in [3.05, 3.63) is 15.9 Å². The van der Waals surface area contributed by atoms with Crippen molar-refractivity contribution in [1.29, 1.82) is 0 Å². The van der Waals surface area contributed by atoms with E-state index in [0.717, 1.165) is 29.8 Å². The molecule has 0 bridgehead atoms. The van der Waals surface area contributed by atoms with Crippen LogP contribution in [0.5, 0.6) is 0 Å². The van der Waals surface area contributed by atoms with Crippen LogP contribution in [0.2, 0.25) is 0 Å². The van der Waals surface area contributed by atoms with Gasteiger partial charge in [-0.15, -0.1) is 0 Å². The van der Waals surface area contributed by atoms with Gasteiger partial charge in [0.15, 0.2) is 0 Å². The zero-order valence-electron chi connectivity index (χ0n) is 5.97. The van der Waals surface area contributed by atoms with Crippen LogP contribution in [-0.2, 0) is 13.0 Å². The molecule has 56 valence electrons. The molecule has 1 N–H and O–H groups in total. The van der Waals surface area contributed by atoms with Gasteiger partial charge in [-0.05, 0) is 15.9 Å². The van der Waals surface area contributed by atoms with E-state index in [1.54, 1.807) is 0 Å². The molecule has 0 atom stereocenters. The maximum Gasteiger partial charge on any atom is 0.264 e. The van der Waals surface area contributed by atoms with Gasteiger partial charge in [0.25, 0.3) is 7.98 Å². The molecule has 0 saturated carbocycles. The van der Waals surface area contributed by atoms with E-state index in [9.17, 15) is 0 Å². The molecule has 3 nitrogen and oxygen atoms in total. The summed E-state index contributed by atoms with van der Waals surface area (Å²) in [6.45, 7) is 1.86. The van der Waals surface area contributed by atoms with Crippen LogP contribution in [0.4, 0.5) is 0 Å². The summed E-state index contributed by atoms with van der Waals surface area (Å²) in [5.41, 5.74) is 2.33. The summed E-state index contributed by atoms with van der Waals surface area (Å²) in [5, 5.41) is 7.32. The van der Waals surface area contributed by atoms with E-state index < -0.39 is 0 Å². The molecule has 2 rings (SSSR count). The predicted octanol–water partition coefficient (Wildman–Crippen LogP) is 0.223. The fourth-order valence-corrected chi connectivity index (χ4v) is 1.87. The van der Waals surface area contributed by atoms with Crippen molar-refractivity contribution in [2.75, 3.05) is 6.54 Å². The Morgan fingerprint density at radius 1 is 1.64 bits per heavy atom. The summed E-state index contributed by atoms with van der Waals surface area (Å²) in [6, 6.07) is 0. The Bertz CT molecular complexity index is 257. The summed E-state index contributed by atoms with van der Waals surface area (Å²) >= 11 is 3.35. The van der Waals surface area contributed by atoms with Gasteiger partial charge in [-0.1, -0.05) is 0 Å². The summed E-state index contributed by atoms with van der Waals surface area (Å²) in [5.74, 6) is 0. The SMILES string of the molecule is [B]n1nc(Br)c2c1CCNC2. The normalized spacial score (nSPS) is 16.5. The minimum absolute atomic E-state index is 0.863. The number of fused-ring (bicyclic) bond motifs is 1. The number of nitrogens with zero attached hydrogens (tertiary/aromatic N) is 2. The summed E-state index contributed by atoms with van der Waals surface area (Å²) < 4.78 is 2.32. The highest BCUT2D eigenvalue weighted by Crippen LogP contribution is 2.21. The summed E-state index contributed by atoms with van der Waals surface area (Å²) in [7, 11) is 5.61. The molecule has 1 aliphatic heterocycles. The van der Waals surface area contributed by atoms with Gasteiger partial charge in [-0.2, -0.15) is 5.10 Å². The maximum absolute atomic E-state index is 5.61. The quantitative estimate of drug-likeness (QED) is 0.623. The topological polar surface area (TPSA) is 29.9 Å². The second-order valence-corrected chi connectivity index (χ2v) is 3.34. The van der Waals surface area contributed by atoms with E-state index in [2.05, 4.69) is 26.3 Å². The van der Waals surface area contributed by atoms with Crippen molar-refractivity contribution in [1.82, 2.24) is 15.0 Å². The second-order valence-electron chi connectivity index (χ2n) is 2.59. The monoisotopic (exact) mass is 211 g/mol. The Labute approximate surface area is 74.7 Å². The Morgan fingerprint density at radius 3 is 3.18 bits per heavy atom. The van der Waals surface area contributed by atoms with Crippen LogP contribution < -0.4 is 5.32 Å². The molecule has 1 aromatic rings. The fourth-order valence-electron chi connectivity index (χ4n) is 1.33. The molecule has 1 aromatic heterocycles. The van der Waals surface area contributed by atoms with E-state index in [1.807, 2.05) is 0 Å². The third-order valence-corrected chi connectivity index (χ3v) is 2.55. The molecule has 11 heavy (non-hydrogen) atoms. The minimum Gasteiger partial charge on any atom is -0.326 e. The lowest BCUT2D eigenvalue weighted by molar-refractivity contribution is 0.630. The lowest BCUT2D eigenvalue weighted by Gasteiger charge is -2.13. The first-order valence-corrected chi connectivity index (χ1v) is 4.30. The zero-order valence-corrected chi connectivity index (χ0v) is 7.56. The largest absolute Gasteiger partial charge is 0.326 e. The van der Waals surface area contributed by atoms with Crippen LogP contribution in [0.15, 0.2) is 4.60 Å². The second kappa shape index (κ2) is 2.64. The molecule has 0 aromatic carbocycles. The standard InChI is InChI=1S/C6H7BBrN3/c7-11-5-1-2-9-3-4(5)6(8)10-11/h9H,1-3H2. The highest BCUT2D eigenvalue weighted by molar-refractivity contribution is 9.10. The molecule has 0 unspecified atom stereocenters. The predicted molar refractivity (Wildman–Crippen MR) is 46.5 cm³/mol. The zero-order chi connectivity index (χ0) is 7.84. The molecule has 2 heterocycles. The number of halogens is 1. The molecule has 0 amide bonds. The van der Waals surface area contributed by atoms with Gasteiger partial charge in [0.2, 0.25) is 0 Å². The minimum atomic E-state index is 0.863. The first-order valence-electron chi connectivity index (χ1n) is 3.51. The maximum atomic E-state index is 5.61. The molecule has 0 saturated heterocycles. The lowest BCUT2D eigenvalue weighted by atomic mass is 10.1. The fraction of sp³-hybridized carbons (Fsp3) is 0.500. The van der Waals surface area contributed by atoms with Crippen molar-refractivity contribution in [2.24, 2.45) is 0 Å². The van der Waals surface area contributed by atoms with Crippen molar-refractivity contribution in [3.8, 4) is 0 Å². The molecule has 0 spiro atoms. The number of aromatic nitrogens is 2. The van der Waals surface area contributed by atoms with Crippen molar-refractivity contribution >= 4 is 23.9 Å². The van der Waals surface area contributed by atoms with Crippen LogP contribution in [-0.4, -0.2) is 24.2 Å². The van der Waals surface area contributed by atoms with Gasteiger partial charge in [-0.3, -0.25) is 0 Å². The molecular weight excluding hydrogens is 205 g/mol. The van der Waals surface area contributed by atoms with Crippen LogP contribution in [0, 0.1) is 0 Å². The molecule has 2 radical (unpaired) electrons. The van der Waals surface area contributed by atoms with Gasteiger partial charge in [-0.25, -0.2) is 0 Å². The first kappa shape index (κ1) is 7.37. The highest BCUT2D eigenvalue weighted by atomic mass is 79.9. The Balaban J connectivity index is 2.52. The van der Waals surface area contributed by atoms with Crippen LogP contribution >= 0.6 is 15.9 Å². The highest BCUT2D eigenvalue weighted by Gasteiger charge is 2.16. The number of hydrogen-bond acceptors (Lipinski definition) is 2. The molecule has 0 aliphatic carbocycles. The van der Waals surface area contributed by atoms with Crippen LogP contribution in [0.3, 0.4) is 0 Å². The van der Waals surface area contributed by atoms with Crippen molar-refractivity contribution < 1.29 is 0 Å².